The van der Waals surface area contributed by atoms with E-state index in [-0.39, 0.29) is 36.1 Å². The van der Waals surface area contributed by atoms with E-state index in [1.165, 1.54) is 18.5 Å². The first-order chi connectivity index (χ1) is 15.7. The summed E-state index contributed by atoms with van der Waals surface area (Å²) in [5, 5.41) is 51.0. The third-order valence-electron chi connectivity index (χ3n) is 6.84. The minimum absolute atomic E-state index is 0.0384. The molecule has 10 nitrogen and oxygen atoms in total. The van der Waals surface area contributed by atoms with Crippen molar-refractivity contribution in [2.24, 2.45) is 17.6 Å². The minimum Gasteiger partial charge on any atom is -0.508 e. The number of amides is 1. The fraction of sp³-hybridized carbons (Fsp3) is 0.261. The molecular weight excluding hydrogens is 430 g/mol. The Hall–Kier alpha value is -4.05. The van der Waals surface area contributed by atoms with Crippen LogP contribution in [0.2, 0.25) is 0 Å². The number of carbonyl (C=O) groups excluding carboxylic acids is 3. The number of Topliss-reactive ketones (excluding diaryl/α,β-unsaturated/α-hetero) is 2. The number of fused-ring (bicyclic) bond motifs is 3. The van der Waals surface area contributed by atoms with Crippen molar-refractivity contribution < 1.29 is 34.8 Å². The molecule has 2 aromatic rings. The lowest BCUT2D eigenvalue weighted by Gasteiger charge is -2.46. The van der Waals surface area contributed by atoms with Crippen molar-refractivity contribution in [1.82, 2.24) is 10.2 Å². The molecule has 5 rings (SSSR count). The molecule has 0 radical (unpaired) electrons. The highest BCUT2D eigenvalue weighted by molar-refractivity contribution is 6.22. The standard InChI is InChI=1S/C23H19N3O7/c24-22(32)18-15(28)7-11-5-10-6-13-12(9-3-4-25-26-8-9)1-2-14(27)17(13)19(29)16(10)20(30)23(11,33)21(18)31/h1-4,8,10-11,27,29,31,33H,5-7H2,(H2,24,32). The molecule has 168 valence electrons. The summed E-state index contributed by atoms with van der Waals surface area (Å²) < 4.78 is 0. The zero-order valence-corrected chi connectivity index (χ0v) is 17.1. The molecule has 3 aliphatic carbocycles. The van der Waals surface area contributed by atoms with Crippen molar-refractivity contribution in [3.63, 3.8) is 0 Å². The van der Waals surface area contributed by atoms with Gasteiger partial charge in [-0.1, -0.05) is 6.07 Å². The van der Waals surface area contributed by atoms with Gasteiger partial charge in [0, 0.05) is 23.5 Å². The van der Waals surface area contributed by atoms with E-state index in [2.05, 4.69) is 10.2 Å². The largest absolute Gasteiger partial charge is 0.508 e. The van der Waals surface area contributed by atoms with Gasteiger partial charge in [0.05, 0.1) is 18.0 Å². The van der Waals surface area contributed by atoms with Gasteiger partial charge in [0.1, 0.15) is 22.8 Å². The Balaban J connectivity index is 1.72. The number of aliphatic hydroxyl groups excluding tert-OH is 2. The lowest BCUT2D eigenvalue weighted by Crippen LogP contribution is -2.58. The van der Waals surface area contributed by atoms with Crippen LogP contribution in [0.15, 0.2) is 47.5 Å². The Labute approximate surface area is 186 Å². The first-order valence-corrected chi connectivity index (χ1v) is 10.3. The second-order valence-corrected chi connectivity index (χ2v) is 8.52. The summed E-state index contributed by atoms with van der Waals surface area (Å²) in [6.07, 6.45) is 2.97. The van der Waals surface area contributed by atoms with Crippen LogP contribution in [0, 0.1) is 11.8 Å². The molecule has 6 N–H and O–H groups in total. The second-order valence-electron chi connectivity index (χ2n) is 8.52. The van der Waals surface area contributed by atoms with Crippen molar-refractivity contribution in [3.8, 4) is 16.9 Å². The summed E-state index contributed by atoms with van der Waals surface area (Å²) in [4.78, 5) is 37.6. The van der Waals surface area contributed by atoms with Crippen LogP contribution in [0.1, 0.15) is 24.0 Å². The van der Waals surface area contributed by atoms with Crippen molar-refractivity contribution >= 4 is 23.2 Å². The third-order valence-corrected chi connectivity index (χ3v) is 6.84. The molecule has 0 bridgehead atoms. The van der Waals surface area contributed by atoms with E-state index in [0.29, 0.717) is 16.7 Å². The monoisotopic (exact) mass is 449 g/mol. The van der Waals surface area contributed by atoms with Crippen molar-refractivity contribution in [3.05, 3.63) is 58.6 Å². The summed E-state index contributed by atoms with van der Waals surface area (Å²) >= 11 is 0. The molecule has 1 saturated carbocycles. The molecule has 33 heavy (non-hydrogen) atoms. The average Bonchev–Trinajstić information content (AvgIpc) is 2.76. The topological polar surface area (TPSA) is 184 Å². The lowest BCUT2D eigenvalue weighted by atomic mass is 9.59. The van der Waals surface area contributed by atoms with Gasteiger partial charge in [-0.15, -0.1) is 0 Å². The maximum atomic E-state index is 13.5. The van der Waals surface area contributed by atoms with E-state index in [1.54, 1.807) is 12.1 Å². The third kappa shape index (κ3) is 2.74. The van der Waals surface area contributed by atoms with Gasteiger partial charge in [0.15, 0.2) is 11.4 Å². The van der Waals surface area contributed by atoms with Crippen LogP contribution in [0.5, 0.6) is 5.75 Å². The Morgan fingerprint density at radius 3 is 2.52 bits per heavy atom. The molecule has 10 heteroatoms. The number of carbonyl (C=O) groups is 3. The number of nitrogens with two attached hydrogens (primary N) is 1. The molecule has 1 fully saturated rings. The number of rotatable bonds is 2. The summed E-state index contributed by atoms with van der Waals surface area (Å²) in [5.74, 6) is -6.51. The number of aromatic nitrogens is 2. The fourth-order valence-electron chi connectivity index (χ4n) is 5.34. The van der Waals surface area contributed by atoms with Crippen LogP contribution < -0.4 is 5.73 Å². The Bertz CT molecular complexity index is 1310. The van der Waals surface area contributed by atoms with Crippen LogP contribution in [0.25, 0.3) is 16.9 Å². The van der Waals surface area contributed by atoms with Gasteiger partial charge in [0.2, 0.25) is 5.78 Å². The van der Waals surface area contributed by atoms with Gasteiger partial charge < -0.3 is 26.2 Å². The predicted molar refractivity (Wildman–Crippen MR) is 112 cm³/mol. The van der Waals surface area contributed by atoms with E-state index in [9.17, 15) is 34.8 Å². The highest BCUT2D eigenvalue weighted by Crippen LogP contribution is 2.52. The number of nitrogens with zero attached hydrogens (tertiary/aromatic N) is 2. The molecule has 1 heterocycles. The van der Waals surface area contributed by atoms with E-state index >= 15 is 0 Å². The lowest BCUT2D eigenvalue weighted by molar-refractivity contribution is -0.147. The zero-order chi connectivity index (χ0) is 23.7. The van der Waals surface area contributed by atoms with Gasteiger partial charge in [0.25, 0.3) is 5.91 Å². The number of hydrogen-bond donors (Lipinski definition) is 5. The summed E-state index contributed by atoms with van der Waals surface area (Å²) in [5.41, 5.74) is 3.61. The number of aromatic hydroxyl groups is 1. The molecule has 0 aliphatic heterocycles. The van der Waals surface area contributed by atoms with Crippen LogP contribution in [-0.2, 0) is 20.8 Å². The van der Waals surface area contributed by atoms with Crippen LogP contribution in [0.3, 0.4) is 0 Å². The Morgan fingerprint density at radius 1 is 1.09 bits per heavy atom. The summed E-state index contributed by atoms with van der Waals surface area (Å²) in [7, 11) is 0. The molecule has 3 unspecified atom stereocenters. The average molecular weight is 449 g/mol. The molecule has 3 atom stereocenters. The molecule has 3 aliphatic rings. The molecule has 1 aromatic carbocycles. The number of phenols is 1. The first-order valence-electron chi connectivity index (χ1n) is 10.3. The molecule has 1 aromatic heterocycles. The van der Waals surface area contributed by atoms with Crippen LogP contribution in [0.4, 0.5) is 0 Å². The van der Waals surface area contributed by atoms with E-state index in [1.807, 2.05) is 0 Å². The number of hydrogen-bond acceptors (Lipinski definition) is 9. The number of phenolic OH excluding ortho intramolecular Hbond substituents is 1. The molecule has 1 amide bonds. The summed E-state index contributed by atoms with van der Waals surface area (Å²) in [6.45, 7) is 0. The molecular formula is C23H19N3O7. The SMILES string of the molecule is NC(=O)C1=C(O)C2(O)C(=O)C3=C(O)c4c(O)ccc(-c5ccnnc5)c4CC3CC2CC1=O. The summed E-state index contributed by atoms with van der Waals surface area (Å²) in [6, 6.07) is 4.76. The van der Waals surface area contributed by atoms with Crippen LogP contribution >= 0.6 is 0 Å². The molecule has 0 saturated heterocycles. The smallest absolute Gasteiger partial charge is 0.255 e. The number of aliphatic hydroxyl groups is 3. The molecule has 0 spiro atoms. The first kappa shape index (κ1) is 20.8. The van der Waals surface area contributed by atoms with Gasteiger partial charge in [-0.2, -0.15) is 10.2 Å². The van der Waals surface area contributed by atoms with E-state index in [4.69, 9.17) is 5.73 Å². The normalized spacial score (nSPS) is 26.6. The number of benzene rings is 1. The van der Waals surface area contributed by atoms with Gasteiger partial charge >= 0.3 is 0 Å². The van der Waals surface area contributed by atoms with Crippen LogP contribution in [-0.4, -0.2) is 53.7 Å². The van der Waals surface area contributed by atoms with Gasteiger partial charge in [-0.25, -0.2) is 0 Å². The quantitative estimate of drug-likeness (QED) is 0.415. The van der Waals surface area contributed by atoms with Crippen molar-refractivity contribution in [2.75, 3.05) is 0 Å². The zero-order valence-electron chi connectivity index (χ0n) is 17.1. The van der Waals surface area contributed by atoms with E-state index in [0.717, 1.165) is 0 Å². The highest BCUT2D eigenvalue weighted by Gasteiger charge is 2.60. The van der Waals surface area contributed by atoms with Crippen molar-refractivity contribution in [1.29, 1.82) is 0 Å². The number of primary amides is 1. The predicted octanol–water partition coefficient (Wildman–Crippen LogP) is 0.881. The maximum Gasteiger partial charge on any atom is 0.255 e. The highest BCUT2D eigenvalue weighted by atomic mass is 16.3. The Kier molecular flexibility index (Phi) is 4.40. The second kappa shape index (κ2) is 6.97. The minimum atomic E-state index is -2.57. The fourth-order valence-corrected chi connectivity index (χ4v) is 5.34. The van der Waals surface area contributed by atoms with Gasteiger partial charge in [-0.05, 0) is 42.0 Å². The van der Waals surface area contributed by atoms with Gasteiger partial charge in [-0.3, -0.25) is 14.4 Å². The number of ketones is 2. The van der Waals surface area contributed by atoms with E-state index < -0.39 is 52.0 Å². The maximum absolute atomic E-state index is 13.5. The van der Waals surface area contributed by atoms with Crippen molar-refractivity contribution in [2.45, 2.75) is 24.9 Å². The Morgan fingerprint density at radius 2 is 1.85 bits per heavy atom.